The van der Waals surface area contributed by atoms with Crippen LogP contribution >= 0.6 is 11.6 Å². The highest BCUT2D eigenvalue weighted by atomic mass is 35.5. The Morgan fingerprint density at radius 1 is 1.08 bits per heavy atom. The van der Waals surface area contributed by atoms with Crippen LogP contribution in [0.2, 0.25) is 5.02 Å². The molecule has 4 aromatic rings. The van der Waals surface area contributed by atoms with E-state index in [4.69, 9.17) is 21.4 Å². The number of hydrogen-bond acceptors (Lipinski definition) is 6. The third-order valence-corrected chi connectivity index (χ3v) is 7.40. The van der Waals surface area contributed by atoms with Gasteiger partial charge in [-0.3, -0.25) is 0 Å². The van der Waals surface area contributed by atoms with Crippen LogP contribution in [0.3, 0.4) is 0 Å². The zero-order valence-electron chi connectivity index (χ0n) is 21.8. The van der Waals surface area contributed by atoms with E-state index in [1.807, 2.05) is 78.9 Å². The van der Waals surface area contributed by atoms with E-state index in [0.717, 1.165) is 34.6 Å². The second kappa shape index (κ2) is 9.51. The molecule has 2 saturated heterocycles. The zero-order valence-corrected chi connectivity index (χ0v) is 22.5. The number of nitrogens with one attached hydrogen (secondary N) is 1. The highest BCUT2D eigenvalue weighted by Gasteiger charge is 2.47. The van der Waals surface area contributed by atoms with Gasteiger partial charge in [0.05, 0.1) is 33.7 Å². The lowest BCUT2D eigenvalue weighted by Gasteiger charge is -2.35. The number of hydrogen-bond donors (Lipinski definition) is 1. The van der Waals surface area contributed by atoms with Gasteiger partial charge in [0, 0.05) is 31.9 Å². The Morgan fingerprint density at radius 3 is 2.63 bits per heavy atom. The number of fused-ring (bicyclic) bond motifs is 3. The van der Waals surface area contributed by atoms with E-state index in [1.54, 1.807) is 6.20 Å². The summed E-state index contributed by atoms with van der Waals surface area (Å²) in [6, 6.07) is 20.3. The van der Waals surface area contributed by atoms with Gasteiger partial charge in [-0.15, -0.1) is 5.10 Å². The first-order valence-electron chi connectivity index (χ1n) is 12.9. The molecule has 9 heteroatoms. The highest BCUT2D eigenvalue weighted by Crippen LogP contribution is 2.41. The van der Waals surface area contributed by atoms with Gasteiger partial charge in [0.25, 0.3) is 0 Å². The van der Waals surface area contributed by atoms with Crippen molar-refractivity contribution in [1.82, 2.24) is 19.7 Å². The lowest BCUT2D eigenvalue weighted by Crippen LogP contribution is -2.50. The average molecular weight is 531 g/mol. The van der Waals surface area contributed by atoms with Gasteiger partial charge in [-0.25, -0.2) is 14.5 Å². The number of halogens is 1. The molecule has 196 valence electrons. The molecule has 0 unspecified atom stereocenters. The van der Waals surface area contributed by atoms with Crippen molar-refractivity contribution in [2.75, 3.05) is 23.3 Å². The first-order valence-corrected chi connectivity index (χ1v) is 13.3. The van der Waals surface area contributed by atoms with Gasteiger partial charge in [0.2, 0.25) is 0 Å². The second-order valence-corrected chi connectivity index (χ2v) is 11.3. The number of carbonyl (C=O) groups is 1. The van der Waals surface area contributed by atoms with E-state index in [2.05, 4.69) is 27.3 Å². The Kier molecular flexibility index (Phi) is 6.14. The molecule has 4 heterocycles. The van der Waals surface area contributed by atoms with Crippen LogP contribution in [0, 0.1) is 0 Å². The summed E-state index contributed by atoms with van der Waals surface area (Å²) in [6.45, 7) is 7.68. The molecule has 1 amide bonds. The monoisotopic (exact) mass is 530 g/mol. The Labute approximate surface area is 227 Å². The van der Waals surface area contributed by atoms with Crippen molar-refractivity contribution in [3.05, 3.63) is 77.4 Å². The zero-order chi connectivity index (χ0) is 26.4. The van der Waals surface area contributed by atoms with Gasteiger partial charge in [0.15, 0.2) is 5.82 Å². The van der Waals surface area contributed by atoms with Gasteiger partial charge in [-0.1, -0.05) is 48.0 Å². The summed E-state index contributed by atoms with van der Waals surface area (Å²) in [4.78, 5) is 21.4. The smallest absolute Gasteiger partial charge is 0.410 e. The third-order valence-electron chi connectivity index (χ3n) is 7.08. The van der Waals surface area contributed by atoms with E-state index in [9.17, 15) is 4.79 Å². The maximum absolute atomic E-state index is 12.8. The van der Waals surface area contributed by atoms with Gasteiger partial charge < -0.3 is 19.9 Å². The molecule has 0 saturated carbocycles. The summed E-state index contributed by atoms with van der Waals surface area (Å²) >= 11 is 6.75. The number of benzene rings is 2. The van der Waals surface area contributed by atoms with Crippen LogP contribution in [0.4, 0.5) is 16.4 Å². The predicted octanol–water partition coefficient (Wildman–Crippen LogP) is 5.88. The number of nitrogens with zero attached hydrogens (tertiary/aromatic N) is 5. The molecule has 2 fully saturated rings. The van der Waals surface area contributed by atoms with Crippen LogP contribution in [0.25, 0.3) is 16.6 Å². The molecular weight excluding hydrogens is 500 g/mol. The maximum Gasteiger partial charge on any atom is 0.410 e. The normalized spacial score (nSPS) is 18.8. The Morgan fingerprint density at radius 2 is 1.89 bits per heavy atom. The SMILES string of the molecule is CC(C)(C)OC(=O)N1C[C@@H]2C[C@H]1CN2c1nn(-c2ccnc(NCc3ccccc3)c2)c2cccc(Cl)c12. The molecule has 0 aliphatic carbocycles. The summed E-state index contributed by atoms with van der Waals surface area (Å²) in [5.41, 5.74) is 2.50. The van der Waals surface area contributed by atoms with Crippen LogP contribution in [0.15, 0.2) is 66.9 Å². The molecule has 2 bridgehead atoms. The van der Waals surface area contributed by atoms with Crippen molar-refractivity contribution in [3.8, 4) is 5.69 Å². The molecular formula is C29H31ClN6O2. The lowest BCUT2D eigenvalue weighted by molar-refractivity contribution is 0.0214. The number of piperazine rings is 1. The van der Waals surface area contributed by atoms with E-state index in [-0.39, 0.29) is 18.2 Å². The fourth-order valence-electron chi connectivity index (χ4n) is 5.41. The first-order chi connectivity index (χ1) is 18.3. The fraction of sp³-hybridized carbons (Fsp3) is 0.345. The van der Waals surface area contributed by atoms with Crippen molar-refractivity contribution >= 4 is 40.2 Å². The summed E-state index contributed by atoms with van der Waals surface area (Å²) in [5.74, 6) is 1.62. The largest absolute Gasteiger partial charge is 0.444 e. The van der Waals surface area contributed by atoms with Crippen LogP contribution in [0.1, 0.15) is 32.8 Å². The summed E-state index contributed by atoms with van der Waals surface area (Å²) in [6.07, 6.45) is 2.43. The number of anilines is 2. The van der Waals surface area contributed by atoms with E-state index in [0.29, 0.717) is 24.7 Å². The van der Waals surface area contributed by atoms with Gasteiger partial charge in [-0.05, 0) is 51.0 Å². The lowest BCUT2D eigenvalue weighted by atomic mass is 10.2. The van der Waals surface area contributed by atoms with Gasteiger partial charge in [-0.2, -0.15) is 0 Å². The maximum atomic E-state index is 12.8. The molecule has 2 aromatic heterocycles. The van der Waals surface area contributed by atoms with Crippen LogP contribution in [-0.2, 0) is 11.3 Å². The van der Waals surface area contributed by atoms with Crippen molar-refractivity contribution in [1.29, 1.82) is 0 Å². The second-order valence-electron chi connectivity index (χ2n) is 10.9. The minimum absolute atomic E-state index is 0.0900. The minimum Gasteiger partial charge on any atom is -0.444 e. The molecule has 0 spiro atoms. The third kappa shape index (κ3) is 4.65. The summed E-state index contributed by atoms with van der Waals surface area (Å²) < 4.78 is 7.58. The van der Waals surface area contributed by atoms with Crippen molar-refractivity contribution in [3.63, 3.8) is 0 Å². The van der Waals surface area contributed by atoms with Gasteiger partial charge >= 0.3 is 6.09 Å². The molecule has 0 radical (unpaired) electrons. The molecule has 6 rings (SSSR count). The van der Waals surface area contributed by atoms with E-state index >= 15 is 0 Å². The summed E-state index contributed by atoms with van der Waals surface area (Å²) in [7, 11) is 0. The molecule has 2 aliphatic rings. The minimum atomic E-state index is -0.513. The van der Waals surface area contributed by atoms with Gasteiger partial charge in [0.1, 0.15) is 11.4 Å². The molecule has 2 aliphatic heterocycles. The number of likely N-dealkylation sites (tertiary alicyclic amines) is 1. The summed E-state index contributed by atoms with van der Waals surface area (Å²) in [5, 5.41) is 10.1. The van der Waals surface area contributed by atoms with Crippen molar-refractivity contribution in [2.45, 2.75) is 51.4 Å². The number of pyridine rings is 1. The molecule has 8 nitrogen and oxygen atoms in total. The van der Waals surface area contributed by atoms with E-state index < -0.39 is 5.60 Å². The quantitative estimate of drug-likeness (QED) is 0.347. The Hall–Kier alpha value is -3.78. The highest BCUT2D eigenvalue weighted by molar-refractivity contribution is 6.36. The van der Waals surface area contributed by atoms with Crippen LogP contribution < -0.4 is 10.2 Å². The first kappa shape index (κ1) is 24.6. The number of aromatic nitrogens is 3. The van der Waals surface area contributed by atoms with Crippen molar-refractivity contribution < 1.29 is 9.53 Å². The van der Waals surface area contributed by atoms with Crippen LogP contribution in [-0.4, -0.2) is 56.5 Å². The van der Waals surface area contributed by atoms with Crippen molar-refractivity contribution in [2.24, 2.45) is 0 Å². The fourth-order valence-corrected chi connectivity index (χ4v) is 5.67. The van der Waals surface area contributed by atoms with E-state index in [1.165, 1.54) is 5.56 Å². The standard InChI is InChI=1S/C29H31ClN6O2/c1-29(2,3)38-28(37)35-18-21-14-22(35)17-34(21)27-26-23(30)10-7-11-24(26)36(33-27)20-12-13-31-25(15-20)32-16-19-8-5-4-6-9-19/h4-13,15,21-22H,14,16-18H2,1-3H3,(H,31,32)/t21-,22-/m0/s1. The van der Waals surface area contributed by atoms with Crippen LogP contribution in [0.5, 0.6) is 0 Å². The predicted molar refractivity (Wildman–Crippen MR) is 150 cm³/mol. The molecule has 38 heavy (non-hydrogen) atoms. The Balaban J connectivity index is 1.28. The topological polar surface area (TPSA) is 75.5 Å². The average Bonchev–Trinajstić information content (AvgIpc) is 3.61. The number of carbonyl (C=O) groups excluding carboxylic acids is 1. The Bertz CT molecular complexity index is 1480. The number of rotatable bonds is 5. The molecule has 2 atom stereocenters. The molecule has 1 N–H and O–H groups in total. The molecule has 2 aromatic carbocycles. The number of ether oxygens (including phenoxy) is 1. The number of amides is 1.